The van der Waals surface area contributed by atoms with Crippen LogP contribution in [0.25, 0.3) is 11.1 Å². The van der Waals surface area contributed by atoms with Gasteiger partial charge in [0.15, 0.2) is 0 Å². The Balaban J connectivity index is 0.000000628. The van der Waals surface area contributed by atoms with Crippen molar-refractivity contribution in [3.63, 3.8) is 0 Å². The van der Waals surface area contributed by atoms with E-state index in [2.05, 4.69) is 116 Å². The smallest absolute Gasteiger partial charge is 0.400 e. The van der Waals surface area contributed by atoms with E-state index in [1.807, 2.05) is 30.7 Å². The van der Waals surface area contributed by atoms with Crippen LogP contribution in [0.15, 0.2) is 95.9 Å². The zero-order valence-electron chi connectivity index (χ0n) is 29.1. The minimum absolute atomic E-state index is 0. The Morgan fingerprint density at radius 2 is 1.00 bits per heavy atom. The van der Waals surface area contributed by atoms with Gasteiger partial charge in [-0.25, -0.2) is 0 Å². The van der Waals surface area contributed by atoms with Gasteiger partial charge in [-0.15, -0.1) is 0 Å². The van der Waals surface area contributed by atoms with Gasteiger partial charge in [-0.3, -0.25) is 0 Å². The summed E-state index contributed by atoms with van der Waals surface area (Å²) in [6.45, 7) is 17.1. The molecule has 0 spiro atoms. The van der Waals surface area contributed by atoms with Crippen molar-refractivity contribution in [3.05, 3.63) is 121 Å². The maximum absolute atomic E-state index is 6.85. The molecule has 1 saturated carbocycles. The summed E-state index contributed by atoms with van der Waals surface area (Å²) in [5.41, 5.74) is 5.58. The van der Waals surface area contributed by atoms with Crippen LogP contribution in [0.5, 0.6) is 0 Å². The SMILES string of the molecule is CC1(C)OB(C2=C(c3ccccc3)[C@H]3CCC[C@H]3C(B3OC(C)(C)C(C)(C)O3)=C2c2ccccc2)OC1(C)C.[CH3-].[CH]1C=CC=C1.[Co]. The number of allylic oxidation sites excluding steroid dienone is 8. The van der Waals surface area contributed by atoms with E-state index in [1.54, 1.807) is 0 Å². The number of hydrogen-bond donors (Lipinski definition) is 0. The zero-order valence-corrected chi connectivity index (χ0v) is 30.1. The van der Waals surface area contributed by atoms with Crippen LogP contribution in [-0.4, -0.2) is 36.6 Å². The summed E-state index contributed by atoms with van der Waals surface area (Å²) in [5.74, 6) is 0.680. The molecule has 246 valence electrons. The van der Waals surface area contributed by atoms with Gasteiger partial charge in [0.05, 0.1) is 22.4 Å². The molecule has 5 aliphatic rings. The summed E-state index contributed by atoms with van der Waals surface area (Å²) in [6, 6.07) is 21.6. The molecule has 0 N–H and O–H groups in total. The monoisotopic (exact) mass is 663 g/mol. The molecule has 0 bridgehead atoms. The van der Waals surface area contributed by atoms with Gasteiger partial charge in [0.25, 0.3) is 0 Å². The van der Waals surface area contributed by atoms with Gasteiger partial charge in [-0.05, 0) is 113 Å². The summed E-state index contributed by atoms with van der Waals surface area (Å²) in [6.07, 6.45) is 13.4. The van der Waals surface area contributed by atoms with Crippen LogP contribution in [-0.2, 0) is 35.4 Å². The third kappa shape index (κ3) is 6.61. The largest absolute Gasteiger partial charge is 0.495 e. The van der Waals surface area contributed by atoms with Gasteiger partial charge in [0.1, 0.15) is 0 Å². The fraction of sp³-hybridized carbons (Fsp3) is 0.436. The van der Waals surface area contributed by atoms with Crippen molar-refractivity contribution < 1.29 is 35.4 Å². The molecule has 3 fully saturated rings. The van der Waals surface area contributed by atoms with Gasteiger partial charge < -0.3 is 26.0 Å². The van der Waals surface area contributed by atoms with E-state index < -0.39 is 36.6 Å². The van der Waals surface area contributed by atoms with Gasteiger partial charge in [0.2, 0.25) is 0 Å². The van der Waals surface area contributed by atoms with E-state index >= 15 is 0 Å². The van der Waals surface area contributed by atoms with E-state index in [4.69, 9.17) is 18.6 Å². The van der Waals surface area contributed by atoms with E-state index in [0.29, 0.717) is 11.8 Å². The van der Waals surface area contributed by atoms with Crippen LogP contribution in [0.2, 0.25) is 0 Å². The van der Waals surface area contributed by atoms with Crippen LogP contribution < -0.4 is 0 Å². The minimum atomic E-state index is -0.501. The molecule has 2 saturated heterocycles. The topological polar surface area (TPSA) is 36.9 Å². The summed E-state index contributed by atoms with van der Waals surface area (Å²) in [7, 11) is -0.926. The number of rotatable bonds is 4. The predicted molar refractivity (Wildman–Crippen MR) is 189 cm³/mol. The maximum Gasteiger partial charge on any atom is 0.495 e. The van der Waals surface area contributed by atoms with Crippen molar-refractivity contribution in [2.24, 2.45) is 11.8 Å². The summed E-state index contributed by atoms with van der Waals surface area (Å²) in [5, 5.41) is 0. The summed E-state index contributed by atoms with van der Waals surface area (Å²) >= 11 is 0. The van der Waals surface area contributed by atoms with Crippen LogP contribution in [0.3, 0.4) is 0 Å². The molecule has 4 nitrogen and oxygen atoms in total. The van der Waals surface area contributed by atoms with Crippen LogP contribution in [0.1, 0.15) is 85.8 Å². The van der Waals surface area contributed by atoms with Crippen molar-refractivity contribution in [3.8, 4) is 0 Å². The Hall–Kier alpha value is -2.12. The third-order valence-electron chi connectivity index (χ3n) is 10.8. The van der Waals surface area contributed by atoms with Crippen molar-refractivity contribution in [1.82, 2.24) is 0 Å². The Labute approximate surface area is 289 Å². The molecule has 2 aliphatic heterocycles. The first kappa shape index (κ1) is 36.7. The van der Waals surface area contributed by atoms with E-state index in [9.17, 15) is 0 Å². The van der Waals surface area contributed by atoms with E-state index in [1.165, 1.54) is 28.6 Å². The van der Waals surface area contributed by atoms with E-state index in [0.717, 1.165) is 23.9 Å². The quantitative estimate of drug-likeness (QED) is 0.242. The molecule has 0 aromatic heterocycles. The Kier molecular flexibility index (Phi) is 11.0. The average molecular weight is 663 g/mol. The molecular weight excluding hydrogens is 613 g/mol. The Bertz CT molecular complexity index is 1450. The minimum Gasteiger partial charge on any atom is -0.400 e. The molecule has 2 heterocycles. The van der Waals surface area contributed by atoms with Gasteiger partial charge in [-0.2, -0.15) is 0 Å². The molecule has 3 aliphatic carbocycles. The van der Waals surface area contributed by atoms with Crippen LogP contribution in [0.4, 0.5) is 0 Å². The van der Waals surface area contributed by atoms with Crippen molar-refractivity contribution in [2.45, 2.75) is 97.1 Å². The Morgan fingerprint density at radius 1 is 0.565 bits per heavy atom. The fourth-order valence-electron chi connectivity index (χ4n) is 7.06. The van der Waals surface area contributed by atoms with Crippen LogP contribution >= 0.6 is 0 Å². The second-order valence-corrected chi connectivity index (χ2v) is 14.7. The molecule has 2 aromatic rings. The van der Waals surface area contributed by atoms with Crippen molar-refractivity contribution >= 4 is 25.4 Å². The molecule has 2 atom stereocenters. The maximum atomic E-state index is 6.85. The number of hydrogen-bond acceptors (Lipinski definition) is 4. The molecular formula is C39H50B2CoO4-. The standard InChI is InChI=1S/C33H42B2O4.C5H5.CH3.Co/c1-30(2)31(3,4)37-34(36-30)28-25-21-15-20-24(25)26(22-16-11-9-12-17-22)29(27(28)23-18-13-10-14-19-23)35-38-32(5,6)33(7,8)39-35;1-2-4-5-3-1;;/h9-14,16-19,24-25H,15,20-21H2,1-8H3;1-5H;1H3;/q;;-1;/t24-,25+;;;/m0.../s1. The molecule has 46 heavy (non-hydrogen) atoms. The first-order valence-electron chi connectivity index (χ1n) is 16.3. The number of benzene rings is 2. The van der Waals surface area contributed by atoms with Gasteiger partial charge >= 0.3 is 14.2 Å². The second kappa shape index (κ2) is 13.8. The van der Waals surface area contributed by atoms with Crippen LogP contribution in [0, 0.1) is 25.7 Å². The van der Waals surface area contributed by atoms with E-state index in [-0.39, 0.29) is 24.2 Å². The molecule has 7 heteroatoms. The molecule has 2 radical (unpaired) electrons. The van der Waals surface area contributed by atoms with Gasteiger partial charge in [-0.1, -0.05) is 91.4 Å². The first-order chi connectivity index (χ1) is 20.8. The van der Waals surface area contributed by atoms with Crippen molar-refractivity contribution in [1.29, 1.82) is 0 Å². The molecule has 0 amide bonds. The number of fused-ring (bicyclic) bond motifs is 1. The van der Waals surface area contributed by atoms with Crippen molar-refractivity contribution in [2.75, 3.05) is 0 Å². The second-order valence-electron chi connectivity index (χ2n) is 14.7. The summed E-state index contributed by atoms with van der Waals surface area (Å²) in [4.78, 5) is 0. The first-order valence-corrected chi connectivity index (χ1v) is 16.3. The fourth-order valence-corrected chi connectivity index (χ4v) is 7.06. The molecule has 7 rings (SSSR count). The normalized spacial score (nSPS) is 26.3. The third-order valence-corrected chi connectivity index (χ3v) is 10.8. The molecule has 0 unspecified atom stereocenters. The Morgan fingerprint density at radius 3 is 1.46 bits per heavy atom. The zero-order chi connectivity index (χ0) is 31.3. The molecule has 2 aromatic carbocycles. The average Bonchev–Trinajstić information content (AvgIpc) is 3.77. The predicted octanol–water partition coefficient (Wildman–Crippen LogP) is 9.35. The van der Waals surface area contributed by atoms with Gasteiger partial charge in [0, 0.05) is 23.2 Å². The summed E-state index contributed by atoms with van der Waals surface area (Å²) < 4.78 is 27.3.